The number of aliphatic hydroxyl groups is 1. The first-order chi connectivity index (χ1) is 12.6. The molecular formula is C23H31NO2. The van der Waals surface area contributed by atoms with Gasteiger partial charge in [0, 0.05) is 6.54 Å². The van der Waals surface area contributed by atoms with Crippen LogP contribution in [0.2, 0.25) is 0 Å². The van der Waals surface area contributed by atoms with E-state index in [9.17, 15) is 5.11 Å². The Hall–Kier alpha value is -1.84. The van der Waals surface area contributed by atoms with Crippen molar-refractivity contribution in [3.8, 4) is 5.75 Å². The summed E-state index contributed by atoms with van der Waals surface area (Å²) in [6, 6.07) is 16.4. The normalized spacial score (nSPS) is 17.2. The Balaban J connectivity index is 1.36. The summed E-state index contributed by atoms with van der Waals surface area (Å²) in [6.07, 6.45) is 2.84. The van der Waals surface area contributed by atoms with Crippen LogP contribution in [0.25, 0.3) is 0 Å². The summed E-state index contributed by atoms with van der Waals surface area (Å²) in [6.45, 7) is 8.17. The van der Waals surface area contributed by atoms with Crippen LogP contribution >= 0.6 is 0 Å². The first-order valence-electron chi connectivity index (χ1n) is 9.78. The molecule has 1 N–H and O–H groups in total. The van der Waals surface area contributed by atoms with Crippen molar-refractivity contribution in [1.82, 2.24) is 4.90 Å². The molecule has 26 heavy (non-hydrogen) atoms. The molecule has 1 heterocycles. The van der Waals surface area contributed by atoms with E-state index in [2.05, 4.69) is 36.9 Å². The van der Waals surface area contributed by atoms with Gasteiger partial charge in [0.05, 0.1) is 12.7 Å². The van der Waals surface area contributed by atoms with E-state index in [4.69, 9.17) is 4.74 Å². The lowest BCUT2D eigenvalue weighted by Crippen LogP contribution is -2.36. The van der Waals surface area contributed by atoms with E-state index in [1.165, 1.54) is 11.1 Å². The number of aliphatic hydroxyl groups excluding tert-OH is 1. The molecule has 1 unspecified atom stereocenters. The number of nitrogens with zero attached hydrogens (tertiary/aromatic N) is 1. The second kappa shape index (κ2) is 9.20. The fourth-order valence-corrected chi connectivity index (χ4v) is 3.91. The minimum absolute atomic E-state index is 0.328. The van der Waals surface area contributed by atoms with Gasteiger partial charge in [0.1, 0.15) is 5.75 Å². The molecule has 2 aromatic carbocycles. The molecule has 0 spiro atoms. The van der Waals surface area contributed by atoms with Crippen LogP contribution in [0, 0.1) is 19.8 Å². The summed E-state index contributed by atoms with van der Waals surface area (Å²) in [4.78, 5) is 2.50. The lowest BCUT2D eigenvalue weighted by Gasteiger charge is -2.34. The molecule has 3 nitrogen and oxygen atoms in total. The number of rotatable bonds is 7. The Morgan fingerprint density at radius 2 is 1.69 bits per heavy atom. The minimum Gasteiger partial charge on any atom is -0.494 e. The highest BCUT2D eigenvalue weighted by Gasteiger charge is 2.25. The molecule has 140 valence electrons. The summed E-state index contributed by atoms with van der Waals surface area (Å²) in [5.41, 5.74) is 3.55. The SMILES string of the molecule is Cc1cc(C)cc(OCCCN2CCC(C(O)c3ccccc3)CC2)c1. The highest BCUT2D eigenvalue weighted by atomic mass is 16.5. The minimum atomic E-state index is -0.328. The zero-order chi connectivity index (χ0) is 18.4. The van der Waals surface area contributed by atoms with Gasteiger partial charge in [-0.3, -0.25) is 0 Å². The topological polar surface area (TPSA) is 32.7 Å². The van der Waals surface area contributed by atoms with Crippen molar-refractivity contribution in [2.45, 2.75) is 39.2 Å². The summed E-state index contributed by atoms with van der Waals surface area (Å²) >= 11 is 0. The van der Waals surface area contributed by atoms with Crippen molar-refractivity contribution in [3.63, 3.8) is 0 Å². The predicted octanol–water partition coefficient (Wildman–Crippen LogP) is 4.52. The molecule has 0 aliphatic carbocycles. The number of hydrogen-bond acceptors (Lipinski definition) is 3. The van der Waals surface area contributed by atoms with Gasteiger partial charge in [0.25, 0.3) is 0 Å². The Morgan fingerprint density at radius 3 is 2.35 bits per heavy atom. The lowest BCUT2D eigenvalue weighted by molar-refractivity contribution is 0.0575. The van der Waals surface area contributed by atoms with Gasteiger partial charge in [-0.25, -0.2) is 0 Å². The van der Waals surface area contributed by atoms with Crippen molar-refractivity contribution in [2.24, 2.45) is 5.92 Å². The van der Waals surface area contributed by atoms with Crippen LogP contribution < -0.4 is 4.74 Å². The Labute approximate surface area is 157 Å². The molecule has 2 aromatic rings. The van der Waals surface area contributed by atoms with Crippen molar-refractivity contribution in [2.75, 3.05) is 26.2 Å². The van der Waals surface area contributed by atoms with E-state index in [1.807, 2.05) is 30.3 Å². The molecule has 0 saturated carbocycles. The number of likely N-dealkylation sites (tertiary alicyclic amines) is 1. The molecule has 1 aliphatic rings. The monoisotopic (exact) mass is 353 g/mol. The van der Waals surface area contributed by atoms with E-state index >= 15 is 0 Å². The van der Waals surface area contributed by atoms with Gasteiger partial charge in [-0.2, -0.15) is 0 Å². The molecule has 0 amide bonds. The first-order valence-corrected chi connectivity index (χ1v) is 9.78. The van der Waals surface area contributed by atoms with Crippen LogP contribution in [0.5, 0.6) is 5.75 Å². The van der Waals surface area contributed by atoms with Crippen LogP contribution in [0.15, 0.2) is 48.5 Å². The molecule has 0 bridgehead atoms. The molecule has 3 rings (SSSR count). The number of ether oxygens (including phenoxy) is 1. The average molecular weight is 354 g/mol. The third kappa shape index (κ3) is 5.33. The largest absolute Gasteiger partial charge is 0.494 e. The molecule has 0 aromatic heterocycles. The van der Waals surface area contributed by atoms with Crippen molar-refractivity contribution >= 4 is 0 Å². The summed E-state index contributed by atoms with van der Waals surface area (Å²) in [5.74, 6) is 1.35. The molecule has 1 fully saturated rings. The Morgan fingerprint density at radius 1 is 1.04 bits per heavy atom. The summed E-state index contributed by atoms with van der Waals surface area (Å²) in [7, 11) is 0. The van der Waals surface area contributed by atoms with Gasteiger partial charge in [-0.15, -0.1) is 0 Å². The fourth-order valence-electron chi connectivity index (χ4n) is 3.91. The molecule has 1 aliphatic heterocycles. The van der Waals surface area contributed by atoms with Gasteiger partial charge in [-0.05, 0) is 80.9 Å². The Kier molecular flexibility index (Phi) is 6.70. The molecule has 3 heteroatoms. The molecule has 1 atom stereocenters. The van der Waals surface area contributed by atoms with Gasteiger partial charge in [-0.1, -0.05) is 36.4 Å². The number of benzene rings is 2. The summed E-state index contributed by atoms with van der Waals surface area (Å²) in [5, 5.41) is 10.6. The van der Waals surface area contributed by atoms with Gasteiger partial charge >= 0.3 is 0 Å². The van der Waals surface area contributed by atoms with Gasteiger partial charge in [0.2, 0.25) is 0 Å². The number of aryl methyl sites for hydroxylation is 2. The molecule has 0 radical (unpaired) electrons. The van der Waals surface area contributed by atoms with E-state index in [0.717, 1.165) is 56.8 Å². The number of piperidine rings is 1. The van der Waals surface area contributed by atoms with E-state index < -0.39 is 0 Å². The van der Waals surface area contributed by atoms with Crippen molar-refractivity contribution < 1.29 is 9.84 Å². The van der Waals surface area contributed by atoms with E-state index in [-0.39, 0.29) is 6.10 Å². The van der Waals surface area contributed by atoms with Crippen LogP contribution in [0.1, 0.15) is 42.1 Å². The van der Waals surface area contributed by atoms with E-state index in [0.29, 0.717) is 5.92 Å². The maximum atomic E-state index is 10.6. The van der Waals surface area contributed by atoms with Crippen molar-refractivity contribution in [1.29, 1.82) is 0 Å². The van der Waals surface area contributed by atoms with Gasteiger partial charge < -0.3 is 14.7 Å². The highest BCUT2D eigenvalue weighted by Crippen LogP contribution is 2.30. The lowest BCUT2D eigenvalue weighted by atomic mass is 9.87. The van der Waals surface area contributed by atoms with Crippen LogP contribution in [-0.2, 0) is 0 Å². The second-order valence-corrected chi connectivity index (χ2v) is 7.56. The van der Waals surface area contributed by atoms with Crippen LogP contribution in [0.4, 0.5) is 0 Å². The smallest absolute Gasteiger partial charge is 0.119 e. The van der Waals surface area contributed by atoms with Crippen LogP contribution in [0.3, 0.4) is 0 Å². The highest BCUT2D eigenvalue weighted by molar-refractivity contribution is 5.32. The third-order valence-corrected chi connectivity index (χ3v) is 5.30. The maximum absolute atomic E-state index is 10.6. The second-order valence-electron chi connectivity index (χ2n) is 7.56. The standard InChI is InChI=1S/C23H31NO2/c1-18-15-19(2)17-22(16-18)26-14-6-11-24-12-9-21(10-13-24)23(25)20-7-4-3-5-8-20/h3-5,7-8,15-17,21,23,25H,6,9-14H2,1-2H3. The number of hydrogen-bond donors (Lipinski definition) is 1. The zero-order valence-electron chi connectivity index (χ0n) is 16.0. The predicted molar refractivity (Wildman–Crippen MR) is 107 cm³/mol. The first kappa shape index (κ1) is 18.9. The quantitative estimate of drug-likeness (QED) is 0.743. The van der Waals surface area contributed by atoms with Crippen LogP contribution in [-0.4, -0.2) is 36.2 Å². The summed E-state index contributed by atoms with van der Waals surface area (Å²) < 4.78 is 5.91. The Bertz CT molecular complexity index is 658. The molecular weight excluding hydrogens is 322 g/mol. The fraction of sp³-hybridized carbons (Fsp3) is 0.478. The zero-order valence-corrected chi connectivity index (χ0v) is 16.0. The molecule has 1 saturated heterocycles. The average Bonchev–Trinajstić information content (AvgIpc) is 2.65. The van der Waals surface area contributed by atoms with Crippen molar-refractivity contribution in [3.05, 3.63) is 65.2 Å². The van der Waals surface area contributed by atoms with Gasteiger partial charge in [0.15, 0.2) is 0 Å². The maximum Gasteiger partial charge on any atom is 0.119 e. The van der Waals surface area contributed by atoms with E-state index in [1.54, 1.807) is 0 Å². The third-order valence-electron chi connectivity index (χ3n) is 5.30.